The second-order valence-electron chi connectivity index (χ2n) is 7.66. The van der Waals surface area contributed by atoms with E-state index in [1.165, 1.54) is 19.3 Å². The molecule has 4 rings (SSSR count). The number of allylic oxidation sites excluding steroid dienone is 1. The molecule has 2 aliphatic rings. The van der Waals surface area contributed by atoms with Gasteiger partial charge in [0.05, 0.1) is 12.2 Å². The number of carbonyl (C=O) groups excluding carboxylic acids is 2. The highest BCUT2D eigenvalue weighted by Crippen LogP contribution is 2.34. The van der Waals surface area contributed by atoms with Crippen LogP contribution in [0.3, 0.4) is 0 Å². The van der Waals surface area contributed by atoms with Crippen molar-refractivity contribution in [1.29, 1.82) is 0 Å². The molecule has 8 heteroatoms. The summed E-state index contributed by atoms with van der Waals surface area (Å²) in [6.45, 7) is 2.98. The molecule has 3 heterocycles. The molecule has 8 nitrogen and oxygen atoms in total. The fourth-order valence-electron chi connectivity index (χ4n) is 3.81. The normalized spacial score (nSPS) is 17.1. The van der Waals surface area contributed by atoms with Crippen molar-refractivity contribution in [2.45, 2.75) is 25.8 Å². The lowest BCUT2D eigenvalue weighted by molar-refractivity contribution is -0.122. The highest BCUT2D eigenvalue weighted by molar-refractivity contribution is 6.21. The first-order valence-electron chi connectivity index (χ1n) is 10.2. The number of aromatic amines is 1. The van der Waals surface area contributed by atoms with Crippen molar-refractivity contribution in [2.24, 2.45) is 10.7 Å². The number of nitrogens with two attached hydrogens (primary N) is 1. The van der Waals surface area contributed by atoms with Gasteiger partial charge in [0.1, 0.15) is 0 Å². The number of rotatable bonds is 6. The number of hydrogen-bond donors (Lipinski definition) is 4. The average Bonchev–Trinajstić information content (AvgIpc) is 3.34. The van der Waals surface area contributed by atoms with Gasteiger partial charge in [0.15, 0.2) is 0 Å². The number of amides is 3. The Morgan fingerprint density at radius 3 is 2.83 bits per heavy atom. The number of nitrogens with zero attached hydrogens (tertiary/aromatic N) is 2. The molecule has 1 aromatic carbocycles. The summed E-state index contributed by atoms with van der Waals surface area (Å²) in [4.78, 5) is 33.1. The van der Waals surface area contributed by atoms with Crippen molar-refractivity contribution in [3.05, 3.63) is 47.3 Å². The zero-order valence-electron chi connectivity index (χ0n) is 16.8. The average molecular weight is 406 g/mol. The van der Waals surface area contributed by atoms with Crippen molar-refractivity contribution >= 4 is 41.2 Å². The van der Waals surface area contributed by atoms with Gasteiger partial charge in [-0.3, -0.25) is 14.7 Å². The van der Waals surface area contributed by atoms with E-state index in [2.05, 4.69) is 25.5 Å². The van der Waals surface area contributed by atoms with Gasteiger partial charge in [-0.25, -0.2) is 4.79 Å². The molecule has 1 fully saturated rings. The monoisotopic (exact) mass is 406 g/mol. The van der Waals surface area contributed by atoms with Crippen LogP contribution >= 0.6 is 0 Å². The molecule has 5 N–H and O–H groups in total. The first-order valence-corrected chi connectivity index (χ1v) is 10.2. The van der Waals surface area contributed by atoms with Crippen molar-refractivity contribution in [1.82, 2.24) is 15.2 Å². The zero-order chi connectivity index (χ0) is 20.9. The van der Waals surface area contributed by atoms with Crippen molar-refractivity contribution in [2.75, 3.05) is 25.0 Å². The predicted octanol–water partition coefficient (Wildman–Crippen LogP) is 2.86. The van der Waals surface area contributed by atoms with E-state index in [1.54, 1.807) is 12.3 Å². The summed E-state index contributed by atoms with van der Waals surface area (Å²) in [5, 5.41) is 5.58. The molecule has 0 aliphatic carbocycles. The van der Waals surface area contributed by atoms with Crippen LogP contribution in [0.2, 0.25) is 0 Å². The standard InChI is InChI=1S/C22H26N6O2/c23-22(30)27-17-4-5-20-19(10-17)16(13-25-20)9-18-8-15(11-24-18)12-26-21(29)14-28-6-2-1-3-7-28/h4-5,8-11,13,24H,1-3,6-7,12,14H2,(H,26,29)(H3,23,27,30). The Bertz CT molecular complexity index is 1000. The predicted molar refractivity (Wildman–Crippen MR) is 119 cm³/mol. The van der Waals surface area contributed by atoms with E-state index in [9.17, 15) is 9.59 Å². The van der Waals surface area contributed by atoms with Gasteiger partial charge in [0, 0.05) is 41.5 Å². The lowest BCUT2D eigenvalue weighted by Gasteiger charge is -2.25. The van der Waals surface area contributed by atoms with Crippen LogP contribution < -0.4 is 16.4 Å². The summed E-state index contributed by atoms with van der Waals surface area (Å²) in [7, 11) is 0. The van der Waals surface area contributed by atoms with Crippen LogP contribution in [-0.2, 0) is 11.3 Å². The van der Waals surface area contributed by atoms with Crippen LogP contribution in [0.25, 0.3) is 11.6 Å². The molecule has 156 valence electrons. The van der Waals surface area contributed by atoms with E-state index >= 15 is 0 Å². The molecular formula is C22H26N6O2. The fraction of sp³-hybridized carbons (Fsp3) is 0.318. The number of aliphatic imine (C=N–C) groups is 1. The maximum Gasteiger partial charge on any atom is 0.316 e. The van der Waals surface area contributed by atoms with E-state index < -0.39 is 6.03 Å². The number of aromatic nitrogens is 1. The van der Waals surface area contributed by atoms with Crippen LogP contribution in [-0.4, -0.2) is 47.7 Å². The van der Waals surface area contributed by atoms with E-state index in [4.69, 9.17) is 5.73 Å². The summed E-state index contributed by atoms with van der Waals surface area (Å²) in [5.74, 6) is 0.0596. The molecule has 2 aromatic rings. The van der Waals surface area contributed by atoms with E-state index in [-0.39, 0.29) is 5.91 Å². The Morgan fingerprint density at radius 1 is 1.20 bits per heavy atom. The summed E-state index contributed by atoms with van der Waals surface area (Å²) in [5.41, 5.74) is 10.4. The molecule has 30 heavy (non-hydrogen) atoms. The number of primary amides is 1. The largest absolute Gasteiger partial charge is 0.361 e. The van der Waals surface area contributed by atoms with Crippen LogP contribution in [0, 0.1) is 0 Å². The van der Waals surface area contributed by atoms with Gasteiger partial charge in [-0.05, 0) is 61.8 Å². The number of fused-ring (bicyclic) bond motifs is 1. The van der Waals surface area contributed by atoms with Gasteiger partial charge in [0.2, 0.25) is 5.91 Å². The third kappa shape index (κ3) is 4.96. The molecule has 0 bridgehead atoms. The maximum atomic E-state index is 12.2. The number of piperidine rings is 1. The minimum absolute atomic E-state index is 0.0596. The minimum Gasteiger partial charge on any atom is -0.361 e. The minimum atomic E-state index is -0.601. The van der Waals surface area contributed by atoms with Crippen LogP contribution in [0.1, 0.15) is 36.1 Å². The molecule has 0 unspecified atom stereocenters. The number of nitrogens with one attached hydrogen (secondary N) is 3. The molecule has 0 saturated carbocycles. The molecular weight excluding hydrogens is 380 g/mol. The summed E-state index contributed by atoms with van der Waals surface area (Å²) in [6.07, 6.45) is 9.29. The van der Waals surface area contributed by atoms with Gasteiger partial charge in [-0.2, -0.15) is 0 Å². The molecule has 0 radical (unpaired) electrons. The van der Waals surface area contributed by atoms with E-state index in [1.807, 2.05) is 30.5 Å². The van der Waals surface area contributed by atoms with Gasteiger partial charge in [-0.15, -0.1) is 0 Å². The Morgan fingerprint density at radius 2 is 2.03 bits per heavy atom. The van der Waals surface area contributed by atoms with Crippen molar-refractivity contribution in [3.8, 4) is 0 Å². The van der Waals surface area contributed by atoms with E-state index in [0.717, 1.165) is 41.2 Å². The van der Waals surface area contributed by atoms with Crippen LogP contribution in [0.4, 0.5) is 16.2 Å². The van der Waals surface area contributed by atoms with Crippen LogP contribution in [0.5, 0.6) is 0 Å². The molecule has 2 aliphatic heterocycles. The lowest BCUT2D eigenvalue weighted by atomic mass is 10.1. The topological polar surface area (TPSA) is 116 Å². The molecule has 0 atom stereocenters. The smallest absolute Gasteiger partial charge is 0.316 e. The summed E-state index contributed by atoms with van der Waals surface area (Å²) in [6, 6.07) is 6.87. The quantitative estimate of drug-likeness (QED) is 0.591. The van der Waals surface area contributed by atoms with E-state index in [0.29, 0.717) is 18.8 Å². The lowest BCUT2D eigenvalue weighted by Crippen LogP contribution is -2.39. The van der Waals surface area contributed by atoms with Crippen LogP contribution in [0.15, 0.2) is 35.5 Å². The Balaban J connectivity index is 1.37. The molecule has 1 aromatic heterocycles. The van der Waals surface area contributed by atoms with Gasteiger partial charge >= 0.3 is 6.03 Å². The molecule has 1 saturated heterocycles. The molecule has 0 spiro atoms. The second-order valence-corrected chi connectivity index (χ2v) is 7.66. The number of anilines is 1. The number of carbonyl (C=O) groups is 2. The summed E-state index contributed by atoms with van der Waals surface area (Å²) >= 11 is 0. The third-order valence-electron chi connectivity index (χ3n) is 5.30. The molecule has 3 amide bonds. The first kappa shape index (κ1) is 19.9. The number of benzene rings is 1. The number of hydrogen-bond acceptors (Lipinski definition) is 4. The Labute approximate surface area is 175 Å². The number of H-pyrrole nitrogens is 1. The van der Waals surface area contributed by atoms with Crippen molar-refractivity contribution < 1.29 is 9.59 Å². The van der Waals surface area contributed by atoms with Gasteiger partial charge in [-0.1, -0.05) is 6.42 Å². The van der Waals surface area contributed by atoms with Gasteiger partial charge < -0.3 is 21.4 Å². The highest BCUT2D eigenvalue weighted by Gasteiger charge is 2.15. The second kappa shape index (κ2) is 8.96. The Kier molecular flexibility index (Phi) is 5.94. The summed E-state index contributed by atoms with van der Waals surface area (Å²) < 4.78 is 0. The Hall–Kier alpha value is -3.39. The number of urea groups is 1. The first-order chi connectivity index (χ1) is 14.6. The zero-order valence-corrected chi connectivity index (χ0v) is 16.8. The highest BCUT2D eigenvalue weighted by atomic mass is 16.2. The van der Waals surface area contributed by atoms with Crippen molar-refractivity contribution in [3.63, 3.8) is 0 Å². The third-order valence-corrected chi connectivity index (χ3v) is 5.30. The van der Waals surface area contributed by atoms with Gasteiger partial charge in [0.25, 0.3) is 0 Å². The fourth-order valence-corrected chi connectivity index (χ4v) is 3.81. The number of likely N-dealkylation sites (tertiary alicyclic amines) is 1. The SMILES string of the molecule is NC(=O)Nc1ccc2c(c1)C(=Cc1cc(CNC(=O)CN3CCCCC3)c[nH]1)C=N2. The maximum absolute atomic E-state index is 12.2.